The van der Waals surface area contributed by atoms with Gasteiger partial charge in [-0.05, 0) is 31.2 Å². The number of benzene rings is 1. The number of ketones is 1. The molecule has 0 spiro atoms. The Morgan fingerprint density at radius 3 is 2.76 bits per heavy atom. The van der Waals surface area contributed by atoms with Gasteiger partial charge in [-0.2, -0.15) is 4.98 Å². The fraction of sp³-hybridized carbons (Fsp3) is 0.188. The molecule has 0 atom stereocenters. The zero-order valence-corrected chi connectivity index (χ0v) is 14.4. The van der Waals surface area contributed by atoms with E-state index >= 15 is 0 Å². The Balaban J connectivity index is 1.75. The maximum absolute atomic E-state index is 12.4. The van der Waals surface area contributed by atoms with Crippen molar-refractivity contribution in [3.05, 3.63) is 54.0 Å². The zero-order chi connectivity index (χ0) is 18.0. The monoisotopic (exact) mass is 360 g/mol. The van der Waals surface area contributed by atoms with Crippen LogP contribution in [-0.4, -0.2) is 28.9 Å². The first-order chi connectivity index (χ1) is 11.9. The predicted octanol–water partition coefficient (Wildman–Crippen LogP) is 1.76. The van der Waals surface area contributed by atoms with Gasteiger partial charge in [0, 0.05) is 18.8 Å². The topological polar surface area (TPSA) is 107 Å². The molecule has 2 heterocycles. The van der Waals surface area contributed by atoms with E-state index < -0.39 is 10.0 Å². The van der Waals surface area contributed by atoms with Gasteiger partial charge in [0.2, 0.25) is 21.7 Å². The van der Waals surface area contributed by atoms with E-state index in [1.165, 1.54) is 25.1 Å². The van der Waals surface area contributed by atoms with Crippen LogP contribution in [0, 0.1) is 0 Å². The Hall–Kier alpha value is -2.78. The lowest BCUT2D eigenvalue weighted by molar-refractivity contribution is 0.101. The summed E-state index contributed by atoms with van der Waals surface area (Å²) in [4.78, 5) is 15.6. The highest BCUT2D eigenvalue weighted by Crippen LogP contribution is 2.16. The summed E-state index contributed by atoms with van der Waals surface area (Å²) in [6.07, 6.45) is 1.84. The molecule has 8 nitrogen and oxygen atoms in total. The number of nitrogens with zero attached hydrogens (tertiary/aromatic N) is 3. The number of aromatic nitrogens is 3. The van der Waals surface area contributed by atoms with E-state index in [4.69, 9.17) is 4.52 Å². The van der Waals surface area contributed by atoms with Crippen LogP contribution >= 0.6 is 0 Å². The van der Waals surface area contributed by atoms with Crippen LogP contribution in [0.3, 0.4) is 0 Å². The van der Waals surface area contributed by atoms with E-state index in [1.54, 1.807) is 6.07 Å². The van der Waals surface area contributed by atoms with E-state index in [1.807, 2.05) is 29.9 Å². The van der Waals surface area contributed by atoms with Gasteiger partial charge in [0.05, 0.1) is 17.1 Å². The summed E-state index contributed by atoms with van der Waals surface area (Å²) >= 11 is 0. The van der Waals surface area contributed by atoms with Crippen molar-refractivity contribution in [2.24, 2.45) is 7.05 Å². The number of Topliss-reactive ketones (excluding diaryl/α,β-unsaturated/α-hetero) is 1. The molecular formula is C16H16N4O4S. The van der Waals surface area contributed by atoms with Crippen LogP contribution in [-0.2, 0) is 23.6 Å². The van der Waals surface area contributed by atoms with Gasteiger partial charge in [-0.1, -0.05) is 17.3 Å². The van der Waals surface area contributed by atoms with Crippen LogP contribution in [0.15, 0.2) is 52.0 Å². The molecular weight excluding hydrogens is 344 g/mol. The highest BCUT2D eigenvalue weighted by Gasteiger charge is 2.18. The Kier molecular flexibility index (Phi) is 4.51. The molecule has 25 heavy (non-hydrogen) atoms. The number of hydrogen-bond acceptors (Lipinski definition) is 6. The molecule has 0 unspecified atom stereocenters. The van der Waals surface area contributed by atoms with Crippen molar-refractivity contribution in [2.45, 2.75) is 18.4 Å². The molecule has 2 aromatic heterocycles. The summed E-state index contributed by atoms with van der Waals surface area (Å²) in [7, 11) is -1.96. The molecule has 0 amide bonds. The average molecular weight is 360 g/mol. The summed E-state index contributed by atoms with van der Waals surface area (Å²) < 4.78 is 34.0. The van der Waals surface area contributed by atoms with Crippen molar-refractivity contribution >= 4 is 15.8 Å². The first-order valence-corrected chi connectivity index (χ1v) is 8.90. The number of aryl methyl sites for hydroxylation is 1. The number of carbonyl (C=O) groups is 1. The Bertz CT molecular complexity index is 1020. The van der Waals surface area contributed by atoms with Crippen LogP contribution in [0.5, 0.6) is 0 Å². The van der Waals surface area contributed by atoms with Crippen LogP contribution in [0.2, 0.25) is 0 Å². The van der Waals surface area contributed by atoms with Crippen molar-refractivity contribution in [1.29, 1.82) is 0 Å². The van der Waals surface area contributed by atoms with Gasteiger partial charge in [0.25, 0.3) is 0 Å². The maximum Gasteiger partial charge on any atom is 0.242 e. The molecule has 130 valence electrons. The van der Waals surface area contributed by atoms with Gasteiger partial charge in [-0.25, -0.2) is 13.1 Å². The van der Waals surface area contributed by atoms with E-state index in [2.05, 4.69) is 14.9 Å². The van der Waals surface area contributed by atoms with E-state index in [-0.39, 0.29) is 23.1 Å². The summed E-state index contributed by atoms with van der Waals surface area (Å²) in [5.74, 6) is 0.309. The maximum atomic E-state index is 12.4. The quantitative estimate of drug-likeness (QED) is 0.671. The third-order valence-electron chi connectivity index (χ3n) is 3.61. The van der Waals surface area contributed by atoms with Crippen molar-refractivity contribution in [1.82, 2.24) is 19.4 Å². The number of carbonyl (C=O) groups excluding carboxylic acids is 1. The van der Waals surface area contributed by atoms with Gasteiger partial charge in [0.1, 0.15) is 0 Å². The molecule has 0 bridgehead atoms. The molecule has 9 heteroatoms. The second kappa shape index (κ2) is 6.61. The third kappa shape index (κ3) is 3.67. The van der Waals surface area contributed by atoms with Crippen LogP contribution in [0.4, 0.5) is 0 Å². The minimum Gasteiger partial charge on any atom is -0.348 e. The molecule has 1 N–H and O–H groups in total. The minimum absolute atomic E-state index is 0.00220. The van der Waals surface area contributed by atoms with E-state index in [0.717, 1.165) is 5.69 Å². The molecule has 3 aromatic rings. The Morgan fingerprint density at radius 1 is 1.28 bits per heavy atom. The number of nitrogens with one attached hydrogen (secondary N) is 1. The number of hydrogen-bond donors (Lipinski definition) is 1. The number of sulfonamides is 1. The molecule has 1 aromatic carbocycles. The highest BCUT2D eigenvalue weighted by atomic mass is 32.2. The first-order valence-electron chi connectivity index (χ1n) is 7.42. The molecule has 0 aliphatic rings. The largest absolute Gasteiger partial charge is 0.348 e. The lowest BCUT2D eigenvalue weighted by Gasteiger charge is -2.05. The molecule has 0 radical (unpaired) electrons. The van der Waals surface area contributed by atoms with Crippen LogP contribution < -0.4 is 4.72 Å². The third-order valence-corrected chi connectivity index (χ3v) is 5.00. The summed E-state index contributed by atoms with van der Waals surface area (Å²) in [6.45, 7) is 1.23. The Labute approximate surface area is 144 Å². The van der Waals surface area contributed by atoms with Gasteiger partial charge in [-0.15, -0.1) is 0 Å². The van der Waals surface area contributed by atoms with E-state index in [0.29, 0.717) is 11.4 Å². The molecule has 0 fully saturated rings. The molecule has 0 saturated heterocycles. The van der Waals surface area contributed by atoms with Crippen molar-refractivity contribution in [3.63, 3.8) is 0 Å². The molecule has 0 aliphatic carbocycles. The fourth-order valence-electron chi connectivity index (χ4n) is 2.25. The van der Waals surface area contributed by atoms with Gasteiger partial charge < -0.3 is 9.09 Å². The second-order valence-electron chi connectivity index (χ2n) is 5.42. The van der Waals surface area contributed by atoms with Crippen molar-refractivity contribution in [2.75, 3.05) is 0 Å². The van der Waals surface area contributed by atoms with Crippen LogP contribution in [0.1, 0.15) is 23.2 Å². The standard InChI is InChI=1S/C16H16N4O4S/c1-11(21)12-5-3-6-13(9-12)25(22,23)17-10-15-18-16(19-24-15)14-7-4-8-20(14)2/h3-9,17H,10H2,1-2H3. The minimum atomic E-state index is -3.80. The van der Waals surface area contributed by atoms with Crippen molar-refractivity contribution in [3.8, 4) is 11.5 Å². The molecule has 0 aliphatic heterocycles. The van der Waals surface area contributed by atoms with E-state index in [9.17, 15) is 13.2 Å². The fourth-order valence-corrected chi connectivity index (χ4v) is 3.27. The lowest BCUT2D eigenvalue weighted by Crippen LogP contribution is -2.23. The van der Waals surface area contributed by atoms with Crippen molar-refractivity contribution < 1.29 is 17.7 Å². The van der Waals surface area contributed by atoms with Gasteiger partial charge in [-0.3, -0.25) is 4.79 Å². The van der Waals surface area contributed by atoms with Gasteiger partial charge >= 0.3 is 0 Å². The normalized spacial score (nSPS) is 11.6. The summed E-state index contributed by atoms with van der Waals surface area (Å²) in [5.41, 5.74) is 1.08. The lowest BCUT2D eigenvalue weighted by atomic mass is 10.2. The first kappa shape index (κ1) is 17.1. The highest BCUT2D eigenvalue weighted by molar-refractivity contribution is 7.89. The second-order valence-corrected chi connectivity index (χ2v) is 7.19. The molecule has 0 saturated carbocycles. The number of rotatable bonds is 6. The molecule has 3 rings (SSSR count). The Morgan fingerprint density at radius 2 is 2.08 bits per heavy atom. The summed E-state index contributed by atoms with van der Waals surface area (Å²) in [5, 5.41) is 3.84. The average Bonchev–Trinajstić information content (AvgIpc) is 3.21. The van der Waals surface area contributed by atoms with Crippen LogP contribution in [0.25, 0.3) is 11.5 Å². The SMILES string of the molecule is CC(=O)c1cccc(S(=O)(=O)NCc2nc(-c3cccn3C)no2)c1. The van der Waals surface area contributed by atoms with Gasteiger partial charge in [0.15, 0.2) is 5.78 Å². The zero-order valence-electron chi connectivity index (χ0n) is 13.6. The smallest absolute Gasteiger partial charge is 0.242 e. The predicted molar refractivity (Wildman–Crippen MR) is 89.2 cm³/mol. The summed E-state index contributed by atoms with van der Waals surface area (Å²) in [6, 6.07) is 9.49.